The van der Waals surface area contributed by atoms with Crippen molar-refractivity contribution in [1.82, 2.24) is 15.3 Å². The Bertz CT molecular complexity index is 716. The van der Waals surface area contributed by atoms with Crippen molar-refractivity contribution in [2.45, 2.75) is 51.1 Å². The lowest BCUT2D eigenvalue weighted by Crippen LogP contribution is -2.33. The molecule has 3 rings (SSSR count). The molecule has 1 amide bonds. The van der Waals surface area contributed by atoms with Gasteiger partial charge in [0, 0.05) is 18.8 Å². The summed E-state index contributed by atoms with van der Waals surface area (Å²) in [7, 11) is 0. The lowest BCUT2D eigenvalue weighted by atomic mass is 9.90. The molecule has 1 aliphatic rings. The number of aromatic nitrogens is 2. The number of hydrogen-bond acceptors (Lipinski definition) is 4. The van der Waals surface area contributed by atoms with Gasteiger partial charge in [-0.2, -0.15) is 0 Å². The van der Waals surface area contributed by atoms with Gasteiger partial charge in [0.1, 0.15) is 0 Å². The van der Waals surface area contributed by atoms with E-state index in [0.29, 0.717) is 12.8 Å². The third-order valence-electron chi connectivity index (χ3n) is 4.66. The van der Waals surface area contributed by atoms with Crippen molar-refractivity contribution < 1.29 is 4.79 Å². The normalized spacial score (nSPS) is 20.7. The molecule has 0 bridgehead atoms. The lowest BCUT2D eigenvalue weighted by molar-refractivity contribution is -0.117. The number of rotatable bonds is 5. The van der Waals surface area contributed by atoms with E-state index >= 15 is 0 Å². The molecular weight excluding hydrogens is 300 g/mol. The maximum absolute atomic E-state index is 11.1. The fourth-order valence-corrected chi connectivity index (χ4v) is 3.46. The summed E-state index contributed by atoms with van der Waals surface area (Å²) in [6, 6.07) is 8.48. The molecule has 5 heteroatoms. The van der Waals surface area contributed by atoms with Gasteiger partial charge in [-0.3, -0.25) is 14.8 Å². The first-order chi connectivity index (χ1) is 11.6. The number of piperidine rings is 1. The van der Waals surface area contributed by atoms with Crippen LogP contribution in [0, 0.1) is 6.92 Å². The molecule has 2 aromatic heterocycles. The van der Waals surface area contributed by atoms with Gasteiger partial charge in [0.2, 0.25) is 5.91 Å². The standard InChI is InChI=1S/C19H24N4O/c1-13-5-3-11-21-18(13)15-7-2-8-16(23-15)19-14(6-4-12-22-19)9-10-17(20)24/h3-6,11-12,15-16,23H,2,7-10H2,1H3,(H2,20,24). The molecule has 0 spiro atoms. The quantitative estimate of drug-likeness (QED) is 0.886. The average molecular weight is 324 g/mol. The monoisotopic (exact) mass is 324 g/mol. The number of amides is 1. The molecule has 24 heavy (non-hydrogen) atoms. The Labute approximate surface area is 142 Å². The Morgan fingerprint density at radius 3 is 2.54 bits per heavy atom. The topological polar surface area (TPSA) is 80.9 Å². The van der Waals surface area contributed by atoms with Gasteiger partial charge in [-0.1, -0.05) is 12.1 Å². The maximum atomic E-state index is 11.1. The van der Waals surface area contributed by atoms with Gasteiger partial charge in [0.25, 0.3) is 0 Å². The second kappa shape index (κ2) is 7.53. The Morgan fingerprint density at radius 1 is 1.17 bits per heavy atom. The third kappa shape index (κ3) is 3.79. The van der Waals surface area contributed by atoms with Gasteiger partial charge in [-0.25, -0.2) is 0 Å². The summed E-state index contributed by atoms with van der Waals surface area (Å²) in [4.78, 5) is 20.3. The zero-order valence-electron chi connectivity index (χ0n) is 14.0. The predicted octanol–water partition coefficient (Wildman–Crippen LogP) is 2.76. The smallest absolute Gasteiger partial charge is 0.217 e. The molecule has 2 unspecified atom stereocenters. The zero-order valence-corrected chi connectivity index (χ0v) is 14.0. The van der Waals surface area contributed by atoms with Crippen molar-refractivity contribution in [2.75, 3.05) is 0 Å². The van der Waals surface area contributed by atoms with Gasteiger partial charge < -0.3 is 11.1 Å². The van der Waals surface area contributed by atoms with E-state index in [4.69, 9.17) is 5.73 Å². The van der Waals surface area contributed by atoms with E-state index in [1.807, 2.05) is 30.6 Å². The summed E-state index contributed by atoms with van der Waals surface area (Å²) < 4.78 is 0. The summed E-state index contributed by atoms with van der Waals surface area (Å²) in [5.41, 5.74) is 9.78. The maximum Gasteiger partial charge on any atom is 0.217 e. The van der Waals surface area contributed by atoms with E-state index < -0.39 is 0 Å². The highest BCUT2D eigenvalue weighted by atomic mass is 16.1. The third-order valence-corrected chi connectivity index (χ3v) is 4.66. The highest BCUT2D eigenvalue weighted by Crippen LogP contribution is 2.33. The highest BCUT2D eigenvalue weighted by Gasteiger charge is 2.27. The number of nitrogens with two attached hydrogens (primary N) is 1. The number of nitrogens with zero attached hydrogens (tertiary/aromatic N) is 2. The first kappa shape index (κ1) is 16.6. The largest absolute Gasteiger partial charge is 0.370 e. The summed E-state index contributed by atoms with van der Waals surface area (Å²) in [5.74, 6) is -0.275. The number of aryl methyl sites for hydroxylation is 2. The minimum absolute atomic E-state index is 0.189. The van der Waals surface area contributed by atoms with Crippen LogP contribution in [0.4, 0.5) is 0 Å². The van der Waals surface area contributed by atoms with Crippen LogP contribution in [-0.4, -0.2) is 15.9 Å². The van der Waals surface area contributed by atoms with E-state index in [1.165, 1.54) is 5.56 Å². The Kier molecular flexibility index (Phi) is 5.20. The molecule has 1 aliphatic heterocycles. The minimum Gasteiger partial charge on any atom is -0.370 e. The van der Waals surface area contributed by atoms with Crippen molar-refractivity contribution in [2.24, 2.45) is 5.73 Å². The molecule has 3 N–H and O–H groups in total. The molecule has 1 saturated heterocycles. The van der Waals surface area contributed by atoms with Crippen LogP contribution < -0.4 is 11.1 Å². The molecule has 1 fully saturated rings. The van der Waals surface area contributed by atoms with E-state index in [9.17, 15) is 4.79 Å². The minimum atomic E-state index is -0.275. The second-order valence-corrected chi connectivity index (χ2v) is 6.42. The van der Waals surface area contributed by atoms with Crippen LogP contribution in [0.1, 0.15) is 60.3 Å². The number of carbonyl (C=O) groups excluding carboxylic acids is 1. The van der Waals surface area contributed by atoms with Crippen LogP contribution in [0.2, 0.25) is 0 Å². The Balaban J connectivity index is 1.80. The molecule has 2 aromatic rings. The molecule has 3 heterocycles. The van der Waals surface area contributed by atoms with E-state index in [2.05, 4.69) is 28.3 Å². The van der Waals surface area contributed by atoms with Crippen molar-refractivity contribution in [1.29, 1.82) is 0 Å². The highest BCUT2D eigenvalue weighted by molar-refractivity contribution is 5.74. The lowest BCUT2D eigenvalue weighted by Gasteiger charge is -2.32. The van der Waals surface area contributed by atoms with Crippen LogP contribution in [0.25, 0.3) is 0 Å². The van der Waals surface area contributed by atoms with Crippen LogP contribution >= 0.6 is 0 Å². The van der Waals surface area contributed by atoms with E-state index in [-0.39, 0.29) is 18.0 Å². The molecule has 0 saturated carbocycles. The van der Waals surface area contributed by atoms with Gasteiger partial charge in [0.15, 0.2) is 0 Å². The van der Waals surface area contributed by atoms with Gasteiger partial charge >= 0.3 is 0 Å². The average Bonchev–Trinajstić information content (AvgIpc) is 2.61. The molecule has 0 aliphatic carbocycles. The van der Waals surface area contributed by atoms with Gasteiger partial charge in [-0.15, -0.1) is 0 Å². The summed E-state index contributed by atoms with van der Waals surface area (Å²) in [6.45, 7) is 2.10. The Hall–Kier alpha value is -2.27. The van der Waals surface area contributed by atoms with Crippen molar-refractivity contribution in [3.63, 3.8) is 0 Å². The van der Waals surface area contributed by atoms with Crippen molar-refractivity contribution in [3.05, 3.63) is 59.2 Å². The molecular formula is C19H24N4O. The van der Waals surface area contributed by atoms with Crippen LogP contribution in [0.15, 0.2) is 36.7 Å². The molecule has 126 valence electrons. The number of carbonyl (C=O) groups is 1. The Morgan fingerprint density at radius 2 is 1.83 bits per heavy atom. The summed E-state index contributed by atoms with van der Waals surface area (Å²) in [6.07, 6.45) is 7.93. The number of primary amides is 1. The predicted molar refractivity (Wildman–Crippen MR) is 93.2 cm³/mol. The number of hydrogen-bond donors (Lipinski definition) is 2. The molecule has 5 nitrogen and oxygen atoms in total. The summed E-state index contributed by atoms with van der Waals surface area (Å²) in [5, 5.41) is 3.71. The summed E-state index contributed by atoms with van der Waals surface area (Å²) >= 11 is 0. The molecule has 2 atom stereocenters. The van der Waals surface area contributed by atoms with Crippen molar-refractivity contribution in [3.8, 4) is 0 Å². The SMILES string of the molecule is Cc1cccnc1C1CCCC(c2ncccc2CCC(N)=O)N1. The second-order valence-electron chi connectivity index (χ2n) is 6.42. The number of pyridine rings is 2. The van der Waals surface area contributed by atoms with Crippen LogP contribution in [0.3, 0.4) is 0 Å². The van der Waals surface area contributed by atoms with E-state index in [1.54, 1.807) is 0 Å². The van der Waals surface area contributed by atoms with Gasteiger partial charge in [0.05, 0.1) is 23.5 Å². The fourth-order valence-electron chi connectivity index (χ4n) is 3.46. The first-order valence-corrected chi connectivity index (χ1v) is 8.55. The molecule has 0 aromatic carbocycles. The van der Waals surface area contributed by atoms with Crippen molar-refractivity contribution >= 4 is 5.91 Å². The van der Waals surface area contributed by atoms with Gasteiger partial charge in [-0.05, 0) is 55.9 Å². The zero-order chi connectivity index (χ0) is 16.9. The first-order valence-electron chi connectivity index (χ1n) is 8.55. The van der Waals surface area contributed by atoms with E-state index in [0.717, 1.165) is 36.2 Å². The fraction of sp³-hybridized carbons (Fsp3) is 0.421. The van der Waals surface area contributed by atoms with Crippen LogP contribution in [-0.2, 0) is 11.2 Å². The number of nitrogens with one attached hydrogen (secondary N) is 1. The van der Waals surface area contributed by atoms with Crippen LogP contribution in [0.5, 0.6) is 0 Å². The molecule has 0 radical (unpaired) electrons.